The number of nitrogens with one attached hydrogen (secondary N) is 1. The Morgan fingerprint density at radius 1 is 1.42 bits per heavy atom. The van der Waals surface area contributed by atoms with E-state index in [0.29, 0.717) is 10.4 Å². The van der Waals surface area contributed by atoms with Crippen LogP contribution in [0.2, 0.25) is 0 Å². The second kappa shape index (κ2) is 7.41. The largest absolute Gasteiger partial charge is 0.315 e. The minimum absolute atomic E-state index is 0.0238. The number of nitrogens with zero attached hydrogens (tertiary/aromatic N) is 2. The van der Waals surface area contributed by atoms with Gasteiger partial charge < -0.3 is 4.57 Å². The number of rotatable bonds is 6. The zero-order valence-corrected chi connectivity index (χ0v) is 15.7. The Bertz CT molecular complexity index is 1030. The highest BCUT2D eigenvalue weighted by molar-refractivity contribution is 7.92. The molecule has 2 heterocycles. The van der Waals surface area contributed by atoms with Gasteiger partial charge >= 0.3 is 0 Å². The molecule has 0 saturated carbocycles. The first-order valence-corrected chi connectivity index (χ1v) is 10.2. The van der Waals surface area contributed by atoms with Crippen LogP contribution in [0.25, 0.3) is 10.4 Å². The number of aryl methyl sites for hydroxylation is 1. The molecule has 1 atom stereocenters. The third-order valence-electron chi connectivity index (χ3n) is 4.23. The standard InChI is InChI=1S/C16H17N3O5S2/c1-16(15(21)18-22,26(2,23)24)6-8-19-7-5-11(9-14(19)20)13-4-3-12(10-17)25-13/h3-5,7,9,22H,6,8H2,1-2H3,(H,18,21). The quantitative estimate of drug-likeness (QED) is 0.557. The molecule has 0 aliphatic rings. The molecular weight excluding hydrogens is 378 g/mol. The number of sulfone groups is 1. The molecule has 0 aliphatic heterocycles. The van der Waals surface area contributed by atoms with E-state index in [1.165, 1.54) is 40.6 Å². The maximum absolute atomic E-state index is 12.3. The average Bonchev–Trinajstić information content (AvgIpc) is 3.07. The van der Waals surface area contributed by atoms with Crippen LogP contribution in [0.1, 0.15) is 18.2 Å². The summed E-state index contributed by atoms with van der Waals surface area (Å²) in [5.41, 5.74) is 1.65. The van der Waals surface area contributed by atoms with Gasteiger partial charge in [-0.2, -0.15) is 5.26 Å². The van der Waals surface area contributed by atoms with Crippen molar-refractivity contribution >= 4 is 27.1 Å². The van der Waals surface area contributed by atoms with Crippen molar-refractivity contribution in [1.29, 1.82) is 5.26 Å². The number of thiophene rings is 1. The van der Waals surface area contributed by atoms with Crippen molar-refractivity contribution in [2.24, 2.45) is 0 Å². The molecule has 0 radical (unpaired) electrons. The van der Waals surface area contributed by atoms with Crippen molar-refractivity contribution in [2.45, 2.75) is 24.6 Å². The topological polar surface area (TPSA) is 129 Å². The summed E-state index contributed by atoms with van der Waals surface area (Å²) < 4.78 is 23.3. The Morgan fingerprint density at radius 2 is 2.12 bits per heavy atom. The van der Waals surface area contributed by atoms with E-state index in [4.69, 9.17) is 10.5 Å². The minimum Gasteiger partial charge on any atom is -0.315 e. The van der Waals surface area contributed by atoms with Gasteiger partial charge in [0.1, 0.15) is 10.9 Å². The summed E-state index contributed by atoms with van der Waals surface area (Å²) >= 11 is 1.26. The molecule has 2 aromatic heterocycles. The van der Waals surface area contributed by atoms with E-state index in [2.05, 4.69) is 0 Å². The first kappa shape index (κ1) is 19.8. The van der Waals surface area contributed by atoms with Crippen LogP contribution in [0.4, 0.5) is 0 Å². The molecule has 10 heteroatoms. The Labute approximate surface area is 154 Å². The summed E-state index contributed by atoms with van der Waals surface area (Å²) in [5.74, 6) is -1.05. The van der Waals surface area contributed by atoms with Crippen LogP contribution in [-0.4, -0.2) is 35.1 Å². The number of carbonyl (C=O) groups excluding carboxylic acids is 1. The summed E-state index contributed by atoms with van der Waals surface area (Å²) in [4.78, 5) is 25.4. The maximum Gasteiger partial charge on any atom is 0.264 e. The number of carbonyl (C=O) groups is 1. The first-order chi connectivity index (χ1) is 12.1. The van der Waals surface area contributed by atoms with Gasteiger partial charge in [-0.1, -0.05) is 0 Å². The molecule has 138 valence electrons. The highest BCUT2D eigenvalue weighted by Gasteiger charge is 2.43. The van der Waals surface area contributed by atoms with Crippen molar-refractivity contribution in [2.75, 3.05) is 6.26 Å². The average molecular weight is 395 g/mol. The van der Waals surface area contributed by atoms with Crippen LogP contribution in [0.15, 0.2) is 35.3 Å². The molecule has 0 bridgehead atoms. The van der Waals surface area contributed by atoms with Gasteiger partial charge in [0, 0.05) is 29.9 Å². The fraction of sp³-hybridized carbons (Fsp3) is 0.312. The van der Waals surface area contributed by atoms with Crippen molar-refractivity contribution in [3.8, 4) is 16.5 Å². The zero-order chi connectivity index (χ0) is 19.5. The molecule has 2 rings (SSSR count). The Hall–Kier alpha value is -2.48. The van der Waals surface area contributed by atoms with Crippen LogP contribution in [0, 0.1) is 11.3 Å². The first-order valence-electron chi connectivity index (χ1n) is 7.47. The van der Waals surface area contributed by atoms with Crippen molar-refractivity contribution in [3.05, 3.63) is 45.7 Å². The van der Waals surface area contributed by atoms with Gasteiger partial charge in [-0.3, -0.25) is 14.8 Å². The number of hydrogen-bond donors (Lipinski definition) is 2. The van der Waals surface area contributed by atoms with Crippen molar-refractivity contribution < 1.29 is 18.4 Å². The lowest BCUT2D eigenvalue weighted by molar-refractivity contribution is -0.131. The predicted molar refractivity (Wildman–Crippen MR) is 96.5 cm³/mol. The van der Waals surface area contributed by atoms with Gasteiger partial charge in [0.2, 0.25) is 0 Å². The highest BCUT2D eigenvalue weighted by Crippen LogP contribution is 2.27. The summed E-state index contributed by atoms with van der Waals surface area (Å²) in [6.07, 6.45) is 2.22. The van der Waals surface area contributed by atoms with Gasteiger partial charge in [-0.05, 0) is 37.1 Å². The second-order valence-electron chi connectivity index (χ2n) is 5.92. The van der Waals surface area contributed by atoms with Gasteiger partial charge in [0.15, 0.2) is 14.6 Å². The number of hydrogen-bond acceptors (Lipinski definition) is 7. The van der Waals surface area contributed by atoms with E-state index in [-0.39, 0.29) is 18.5 Å². The smallest absolute Gasteiger partial charge is 0.264 e. The molecule has 2 N–H and O–H groups in total. The SMILES string of the molecule is CC(CCn1ccc(-c2ccc(C#N)s2)cc1=O)(C(=O)NO)S(C)(=O)=O. The second-order valence-corrected chi connectivity index (χ2v) is 9.45. The summed E-state index contributed by atoms with van der Waals surface area (Å²) in [5, 5.41) is 17.7. The molecule has 0 aliphatic carbocycles. The molecule has 0 saturated heterocycles. The van der Waals surface area contributed by atoms with Crippen LogP contribution < -0.4 is 11.0 Å². The van der Waals surface area contributed by atoms with Crippen LogP contribution in [0.3, 0.4) is 0 Å². The monoisotopic (exact) mass is 395 g/mol. The van der Waals surface area contributed by atoms with Gasteiger partial charge in [-0.15, -0.1) is 11.3 Å². The molecule has 8 nitrogen and oxygen atoms in total. The number of hydroxylamine groups is 1. The minimum atomic E-state index is -3.83. The molecule has 0 fully saturated rings. The highest BCUT2D eigenvalue weighted by atomic mass is 32.2. The van der Waals surface area contributed by atoms with E-state index in [0.717, 1.165) is 11.1 Å². The third-order valence-corrected chi connectivity index (χ3v) is 7.29. The summed E-state index contributed by atoms with van der Waals surface area (Å²) in [6.45, 7) is 1.17. The Kier molecular flexibility index (Phi) is 5.65. The lowest BCUT2D eigenvalue weighted by Gasteiger charge is -2.25. The lowest BCUT2D eigenvalue weighted by atomic mass is 10.1. The lowest BCUT2D eigenvalue weighted by Crippen LogP contribution is -2.49. The van der Waals surface area contributed by atoms with Crippen LogP contribution >= 0.6 is 11.3 Å². The normalized spacial score (nSPS) is 13.6. The van der Waals surface area contributed by atoms with Gasteiger partial charge in [0.25, 0.3) is 11.5 Å². The molecular formula is C16H17N3O5S2. The van der Waals surface area contributed by atoms with Gasteiger partial charge in [0.05, 0.1) is 0 Å². The molecule has 1 amide bonds. The molecule has 2 aromatic rings. The van der Waals surface area contributed by atoms with Crippen molar-refractivity contribution in [3.63, 3.8) is 0 Å². The van der Waals surface area contributed by atoms with E-state index in [1.54, 1.807) is 18.2 Å². The number of pyridine rings is 1. The number of aromatic nitrogens is 1. The number of amides is 1. The molecule has 1 unspecified atom stereocenters. The fourth-order valence-electron chi connectivity index (χ4n) is 2.32. The number of nitriles is 1. The molecule has 26 heavy (non-hydrogen) atoms. The summed E-state index contributed by atoms with van der Waals surface area (Å²) in [6, 6.07) is 8.50. The van der Waals surface area contributed by atoms with E-state index < -0.39 is 20.5 Å². The zero-order valence-electron chi connectivity index (χ0n) is 14.1. The third kappa shape index (κ3) is 3.85. The van der Waals surface area contributed by atoms with Gasteiger partial charge in [-0.25, -0.2) is 13.9 Å². The Morgan fingerprint density at radius 3 is 2.62 bits per heavy atom. The van der Waals surface area contributed by atoms with Crippen LogP contribution in [0.5, 0.6) is 0 Å². The van der Waals surface area contributed by atoms with E-state index in [9.17, 15) is 18.0 Å². The summed E-state index contributed by atoms with van der Waals surface area (Å²) in [7, 11) is -3.83. The fourth-order valence-corrected chi connectivity index (χ4v) is 3.96. The maximum atomic E-state index is 12.3. The predicted octanol–water partition coefficient (Wildman–Crippen LogP) is 1.15. The Balaban J connectivity index is 2.27. The van der Waals surface area contributed by atoms with Crippen LogP contribution in [-0.2, 0) is 21.2 Å². The molecule has 0 spiro atoms. The van der Waals surface area contributed by atoms with E-state index in [1.807, 2.05) is 6.07 Å². The van der Waals surface area contributed by atoms with E-state index >= 15 is 0 Å². The molecule has 0 aromatic carbocycles. The van der Waals surface area contributed by atoms with Crippen molar-refractivity contribution in [1.82, 2.24) is 10.0 Å².